The van der Waals surface area contributed by atoms with Crippen molar-refractivity contribution in [1.29, 1.82) is 0 Å². The van der Waals surface area contributed by atoms with Crippen LogP contribution >= 0.6 is 12.2 Å². The topological polar surface area (TPSA) is 28.7 Å². The molecule has 16 heavy (non-hydrogen) atoms. The van der Waals surface area contributed by atoms with Crippen molar-refractivity contribution in [3.8, 4) is 11.4 Å². The van der Waals surface area contributed by atoms with E-state index in [4.69, 9.17) is 12.2 Å². The monoisotopic (exact) mass is 230 g/mol. The van der Waals surface area contributed by atoms with E-state index in [1.54, 1.807) is 12.3 Å². The van der Waals surface area contributed by atoms with Gasteiger partial charge in [-0.1, -0.05) is 50.3 Å². The number of hydrogen-bond acceptors (Lipinski definition) is 2. The minimum atomic E-state index is 0.552. The van der Waals surface area contributed by atoms with E-state index in [9.17, 15) is 0 Å². The van der Waals surface area contributed by atoms with Crippen LogP contribution in [0.5, 0.6) is 0 Å². The Kier molecular flexibility index (Phi) is 3.15. The maximum Gasteiger partial charge on any atom is 0.138 e. The van der Waals surface area contributed by atoms with Gasteiger partial charge in [0.15, 0.2) is 0 Å². The summed E-state index contributed by atoms with van der Waals surface area (Å²) in [4.78, 5) is 7.34. The quantitative estimate of drug-likeness (QED) is 0.792. The van der Waals surface area contributed by atoms with Gasteiger partial charge in [-0.3, -0.25) is 0 Å². The first-order valence-corrected chi connectivity index (χ1v) is 5.73. The predicted molar refractivity (Wildman–Crippen MR) is 68.9 cm³/mol. The SMILES string of the molecule is CC(C)c1ccc(-c2nccc(=S)[nH]2)cc1. The molecule has 0 fully saturated rings. The van der Waals surface area contributed by atoms with Crippen molar-refractivity contribution in [2.45, 2.75) is 19.8 Å². The highest BCUT2D eigenvalue weighted by atomic mass is 32.1. The van der Waals surface area contributed by atoms with Crippen molar-refractivity contribution >= 4 is 12.2 Å². The van der Waals surface area contributed by atoms with E-state index in [1.165, 1.54) is 5.56 Å². The highest BCUT2D eigenvalue weighted by Crippen LogP contribution is 2.19. The minimum absolute atomic E-state index is 0.552. The lowest BCUT2D eigenvalue weighted by molar-refractivity contribution is 0.867. The van der Waals surface area contributed by atoms with Gasteiger partial charge >= 0.3 is 0 Å². The van der Waals surface area contributed by atoms with Crippen LogP contribution in [-0.4, -0.2) is 9.97 Å². The van der Waals surface area contributed by atoms with Gasteiger partial charge in [-0.25, -0.2) is 4.98 Å². The largest absolute Gasteiger partial charge is 0.331 e. The fourth-order valence-corrected chi connectivity index (χ4v) is 1.70. The molecular weight excluding hydrogens is 216 g/mol. The molecule has 3 heteroatoms. The summed E-state index contributed by atoms with van der Waals surface area (Å²) in [6, 6.07) is 10.2. The van der Waals surface area contributed by atoms with Crippen LogP contribution in [0.3, 0.4) is 0 Å². The van der Waals surface area contributed by atoms with Crippen molar-refractivity contribution in [2.24, 2.45) is 0 Å². The summed E-state index contributed by atoms with van der Waals surface area (Å²) in [5, 5.41) is 0. The molecule has 2 nitrogen and oxygen atoms in total. The summed E-state index contributed by atoms with van der Waals surface area (Å²) in [5.74, 6) is 1.37. The Balaban J connectivity index is 2.38. The molecule has 1 aromatic heterocycles. The molecule has 0 atom stereocenters. The van der Waals surface area contributed by atoms with Crippen LogP contribution in [0.1, 0.15) is 25.3 Å². The number of aromatic amines is 1. The standard InChI is InChI=1S/C13H14N2S/c1-9(2)10-3-5-11(6-4-10)13-14-8-7-12(16)15-13/h3-9H,1-2H3,(H,14,15,16). The van der Waals surface area contributed by atoms with Gasteiger partial charge in [0.25, 0.3) is 0 Å². The molecular formula is C13H14N2S. The van der Waals surface area contributed by atoms with Gasteiger partial charge < -0.3 is 4.98 Å². The van der Waals surface area contributed by atoms with Gasteiger partial charge in [-0.15, -0.1) is 0 Å². The predicted octanol–water partition coefficient (Wildman–Crippen LogP) is 3.93. The molecule has 2 aromatic rings. The molecule has 0 saturated heterocycles. The third kappa shape index (κ3) is 2.36. The van der Waals surface area contributed by atoms with Crippen LogP contribution < -0.4 is 0 Å². The third-order valence-corrected chi connectivity index (χ3v) is 2.76. The van der Waals surface area contributed by atoms with Crippen molar-refractivity contribution in [1.82, 2.24) is 9.97 Å². The molecule has 0 amide bonds. The summed E-state index contributed by atoms with van der Waals surface area (Å²) < 4.78 is 0.706. The first kappa shape index (κ1) is 11.0. The number of H-pyrrole nitrogens is 1. The zero-order valence-electron chi connectivity index (χ0n) is 9.40. The fraction of sp³-hybridized carbons (Fsp3) is 0.231. The molecule has 0 unspecified atom stereocenters. The first-order valence-electron chi connectivity index (χ1n) is 5.32. The minimum Gasteiger partial charge on any atom is -0.331 e. The average Bonchev–Trinajstić information content (AvgIpc) is 2.29. The van der Waals surface area contributed by atoms with Crippen LogP contribution in [0.15, 0.2) is 36.5 Å². The van der Waals surface area contributed by atoms with Crippen molar-refractivity contribution in [3.05, 3.63) is 46.7 Å². The Morgan fingerprint density at radius 2 is 1.81 bits per heavy atom. The number of aromatic nitrogens is 2. The van der Waals surface area contributed by atoms with Gasteiger partial charge in [0, 0.05) is 11.8 Å². The number of hydrogen-bond donors (Lipinski definition) is 1. The molecule has 0 aliphatic carbocycles. The van der Waals surface area contributed by atoms with E-state index in [1.807, 2.05) is 0 Å². The van der Waals surface area contributed by atoms with E-state index in [0.717, 1.165) is 11.4 Å². The first-order chi connectivity index (χ1) is 7.66. The van der Waals surface area contributed by atoms with Gasteiger partial charge in [-0.05, 0) is 17.5 Å². The Morgan fingerprint density at radius 3 is 2.38 bits per heavy atom. The van der Waals surface area contributed by atoms with E-state index in [2.05, 4.69) is 48.1 Å². The second-order valence-corrected chi connectivity index (χ2v) is 4.50. The van der Waals surface area contributed by atoms with Gasteiger partial charge in [0.05, 0.1) is 0 Å². The molecule has 0 saturated carbocycles. The zero-order chi connectivity index (χ0) is 11.5. The smallest absolute Gasteiger partial charge is 0.138 e. The van der Waals surface area contributed by atoms with Crippen molar-refractivity contribution < 1.29 is 0 Å². The fourth-order valence-electron chi connectivity index (χ4n) is 1.54. The average molecular weight is 230 g/mol. The third-order valence-electron chi connectivity index (χ3n) is 2.52. The second-order valence-electron chi connectivity index (χ2n) is 4.06. The van der Waals surface area contributed by atoms with E-state index in [0.29, 0.717) is 10.6 Å². The Morgan fingerprint density at radius 1 is 1.12 bits per heavy atom. The Hall–Kier alpha value is -1.48. The van der Waals surface area contributed by atoms with Crippen LogP contribution in [0.25, 0.3) is 11.4 Å². The summed E-state index contributed by atoms with van der Waals surface area (Å²) in [6.07, 6.45) is 1.73. The van der Waals surface area contributed by atoms with Gasteiger partial charge in [0.2, 0.25) is 0 Å². The van der Waals surface area contributed by atoms with Crippen LogP contribution in [0.2, 0.25) is 0 Å². The lowest BCUT2D eigenvalue weighted by Crippen LogP contribution is -1.90. The molecule has 2 rings (SSSR count). The van der Waals surface area contributed by atoms with E-state index in [-0.39, 0.29) is 0 Å². The van der Waals surface area contributed by atoms with Gasteiger partial charge in [-0.2, -0.15) is 0 Å². The Labute approximate surface area is 100 Å². The normalized spacial score (nSPS) is 10.7. The summed E-state index contributed by atoms with van der Waals surface area (Å²) >= 11 is 5.07. The van der Waals surface area contributed by atoms with Crippen LogP contribution in [-0.2, 0) is 0 Å². The molecule has 1 aromatic carbocycles. The maximum absolute atomic E-state index is 5.07. The van der Waals surface area contributed by atoms with Crippen molar-refractivity contribution in [2.75, 3.05) is 0 Å². The van der Waals surface area contributed by atoms with Crippen LogP contribution in [0, 0.1) is 4.64 Å². The highest BCUT2D eigenvalue weighted by Gasteiger charge is 2.01. The zero-order valence-corrected chi connectivity index (χ0v) is 10.2. The van der Waals surface area contributed by atoms with E-state index >= 15 is 0 Å². The molecule has 1 heterocycles. The lowest BCUT2D eigenvalue weighted by atomic mass is 10.0. The van der Waals surface area contributed by atoms with Gasteiger partial charge in [0.1, 0.15) is 10.5 Å². The number of rotatable bonds is 2. The highest BCUT2D eigenvalue weighted by molar-refractivity contribution is 7.71. The summed E-state index contributed by atoms with van der Waals surface area (Å²) in [7, 11) is 0. The molecule has 0 radical (unpaired) electrons. The molecule has 0 spiro atoms. The molecule has 0 bridgehead atoms. The molecule has 0 aliphatic rings. The summed E-state index contributed by atoms with van der Waals surface area (Å²) in [6.45, 7) is 4.37. The maximum atomic E-state index is 5.07. The second kappa shape index (κ2) is 4.58. The summed E-state index contributed by atoms with van der Waals surface area (Å²) in [5.41, 5.74) is 2.40. The van der Waals surface area contributed by atoms with Crippen LogP contribution in [0.4, 0.5) is 0 Å². The van der Waals surface area contributed by atoms with E-state index < -0.39 is 0 Å². The Bertz CT molecular complexity index is 526. The number of nitrogens with zero attached hydrogens (tertiary/aromatic N) is 1. The lowest BCUT2D eigenvalue weighted by Gasteiger charge is -2.06. The number of nitrogens with one attached hydrogen (secondary N) is 1. The number of benzene rings is 1. The van der Waals surface area contributed by atoms with Crippen molar-refractivity contribution in [3.63, 3.8) is 0 Å². The molecule has 0 aliphatic heterocycles. The molecule has 1 N–H and O–H groups in total. The molecule has 82 valence electrons.